The Bertz CT molecular complexity index is 347. The molecule has 2 aliphatic rings. The topological polar surface area (TPSA) is 73.9 Å². The predicted molar refractivity (Wildman–Crippen MR) is 50.4 cm³/mol. The second-order valence-corrected chi connectivity index (χ2v) is 4.21. The van der Waals surface area contributed by atoms with Crippen LogP contribution in [0.5, 0.6) is 0 Å². The van der Waals surface area contributed by atoms with Gasteiger partial charge in [0.05, 0.1) is 5.54 Å². The summed E-state index contributed by atoms with van der Waals surface area (Å²) in [7, 11) is 1.44. The van der Waals surface area contributed by atoms with Gasteiger partial charge in [-0.05, 0) is 25.4 Å². The van der Waals surface area contributed by atoms with Gasteiger partial charge in [-0.15, -0.1) is 0 Å². The first-order valence-electron chi connectivity index (χ1n) is 4.30. The van der Waals surface area contributed by atoms with Gasteiger partial charge in [0, 0.05) is 7.11 Å². The van der Waals surface area contributed by atoms with E-state index in [0.717, 1.165) is 5.01 Å². The first kappa shape index (κ1) is 10.6. The molecule has 2 saturated heterocycles. The standard InChI is InChI=1S/C7H11ClN4O3/c1-6(2)7(15-3)9-5(14)11(4(8)13)12(7)10-6/h10H,1-3H3,(H,9,14). The fourth-order valence-electron chi connectivity index (χ4n) is 1.87. The first-order valence-corrected chi connectivity index (χ1v) is 4.68. The smallest absolute Gasteiger partial charge is 0.342 e. The molecule has 3 amide bonds. The molecule has 0 spiro atoms. The molecule has 0 aliphatic carbocycles. The normalized spacial score (nSPS) is 33.3. The van der Waals surface area contributed by atoms with Gasteiger partial charge in [-0.1, -0.05) is 5.12 Å². The molecule has 7 nitrogen and oxygen atoms in total. The van der Waals surface area contributed by atoms with Crippen LogP contribution in [-0.4, -0.2) is 40.0 Å². The number of amides is 3. The molecule has 0 radical (unpaired) electrons. The average molecular weight is 235 g/mol. The van der Waals surface area contributed by atoms with E-state index in [-0.39, 0.29) is 0 Å². The summed E-state index contributed by atoms with van der Waals surface area (Å²) in [5, 5.41) is 3.65. The molecule has 0 aromatic rings. The lowest BCUT2D eigenvalue weighted by Gasteiger charge is -2.57. The number of nitrogens with zero attached hydrogens (tertiary/aromatic N) is 2. The van der Waals surface area contributed by atoms with Crippen molar-refractivity contribution in [3.63, 3.8) is 0 Å². The Kier molecular flexibility index (Phi) is 2.00. The lowest BCUT2D eigenvalue weighted by Crippen LogP contribution is -2.87. The summed E-state index contributed by atoms with van der Waals surface area (Å²) in [4.78, 5) is 22.5. The number of carbonyl (C=O) groups excluding carboxylic acids is 2. The Morgan fingerprint density at radius 3 is 2.47 bits per heavy atom. The fourth-order valence-corrected chi connectivity index (χ4v) is 2.02. The highest BCUT2D eigenvalue weighted by molar-refractivity contribution is 6.63. The van der Waals surface area contributed by atoms with Crippen LogP contribution in [0, 0.1) is 0 Å². The average Bonchev–Trinajstić information content (AvgIpc) is 2.35. The van der Waals surface area contributed by atoms with Crippen LogP contribution in [0.4, 0.5) is 9.59 Å². The van der Waals surface area contributed by atoms with E-state index < -0.39 is 22.8 Å². The van der Waals surface area contributed by atoms with Crippen molar-refractivity contribution in [3.05, 3.63) is 0 Å². The van der Waals surface area contributed by atoms with E-state index in [1.807, 2.05) is 13.8 Å². The van der Waals surface area contributed by atoms with E-state index >= 15 is 0 Å². The zero-order valence-electron chi connectivity index (χ0n) is 8.50. The molecule has 2 N–H and O–H groups in total. The van der Waals surface area contributed by atoms with Crippen LogP contribution < -0.4 is 10.7 Å². The van der Waals surface area contributed by atoms with Crippen LogP contribution in [0.15, 0.2) is 0 Å². The number of nitrogens with one attached hydrogen (secondary N) is 2. The number of hydrazine groups is 2. The van der Waals surface area contributed by atoms with Crippen molar-refractivity contribution in [1.29, 1.82) is 0 Å². The summed E-state index contributed by atoms with van der Waals surface area (Å²) < 4.78 is 5.24. The lowest BCUT2D eigenvalue weighted by molar-refractivity contribution is -0.330. The quantitative estimate of drug-likeness (QED) is 0.500. The van der Waals surface area contributed by atoms with Crippen LogP contribution in [0.1, 0.15) is 13.8 Å². The van der Waals surface area contributed by atoms with Crippen molar-refractivity contribution < 1.29 is 14.3 Å². The third-order valence-corrected chi connectivity index (χ3v) is 2.82. The number of halogens is 1. The second kappa shape index (κ2) is 2.82. The van der Waals surface area contributed by atoms with Crippen molar-refractivity contribution in [3.8, 4) is 0 Å². The minimum absolute atomic E-state index is 0.515. The number of hydrogen-bond donors (Lipinski definition) is 2. The van der Waals surface area contributed by atoms with Crippen molar-refractivity contribution in [2.45, 2.75) is 25.2 Å². The van der Waals surface area contributed by atoms with Gasteiger partial charge in [-0.2, -0.15) is 5.01 Å². The Morgan fingerprint density at radius 2 is 2.13 bits per heavy atom. The van der Waals surface area contributed by atoms with Crippen LogP contribution >= 0.6 is 11.6 Å². The summed E-state index contributed by atoms with van der Waals surface area (Å²) in [6.07, 6.45) is 0. The Balaban J connectivity index is 2.36. The number of imide groups is 1. The molecule has 2 fully saturated rings. The Hall–Kier alpha value is -0.890. The fraction of sp³-hybridized carbons (Fsp3) is 0.714. The second-order valence-electron chi connectivity index (χ2n) is 3.89. The molecule has 15 heavy (non-hydrogen) atoms. The Morgan fingerprint density at radius 1 is 1.53 bits per heavy atom. The van der Waals surface area contributed by atoms with E-state index in [2.05, 4.69) is 10.7 Å². The van der Waals surface area contributed by atoms with Crippen molar-refractivity contribution >= 4 is 23.0 Å². The number of carbonyl (C=O) groups is 2. The zero-order chi connectivity index (χ0) is 11.4. The van der Waals surface area contributed by atoms with E-state index in [9.17, 15) is 9.59 Å². The summed E-state index contributed by atoms with van der Waals surface area (Å²) in [6, 6.07) is -0.616. The molecule has 0 aromatic heterocycles. The SMILES string of the molecule is COC12NC(=O)N(C(=O)Cl)N1NC2(C)C. The number of ether oxygens (including phenoxy) is 1. The van der Waals surface area contributed by atoms with Crippen molar-refractivity contribution in [2.24, 2.45) is 0 Å². The maximum absolute atomic E-state index is 11.5. The van der Waals surface area contributed by atoms with Gasteiger partial charge < -0.3 is 4.74 Å². The van der Waals surface area contributed by atoms with Crippen LogP contribution in [0.3, 0.4) is 0 Å². The van der Waals surface area contributed by atoms with E-state index in [1.165, 1.54) is 12.2 Å². The van der Waals surface area contributed by atoms with Crippen LogP contribution in [-0.2, 0) is 4.74 Å². The van der Waals surface area contributed by atoms with Crippen LogP contribution in [0.2, 0.25) is 0 Å². The minimum Gasteiger partial charge on any atom is -0.342 e. The molecule has 1 atom stereocenters. The van der Waals surface area contributed by atoms with Gasteiger partial charge >= 0.3 is 11.4 Å². The summed E-state index contributed by atoms with van der Waals surface area (Å²) >= 11 is 5.27. The summed E-state index contributed by atoms with van der Waals surface area (Å²) in [5.41, 5.74) is 2.36. The number of methoxy groups -OCH3 is 1. The number of fused-ring (bicyclic) bond motifs is 1. The highest BCUT2D eigenvalue weighted by atomic mass is 35.5. The summed E-state index contributed by atoms with van der Waals surface area (Å²) in [6.45, 7) is 3.66. The van der Waals surface area contributed by atoms with Gasteiger partial charge in [-0.25, -0.2) is 10.2 Å². The zero-order valence-corrected chi connectivity index (χ0v) is 9.25. The third kappa shape index (κ3) is 1.06. The van der Waals surface area contributed by atoms with Gasteiger partial charge in [0.25, 0.3) is 5.85 Å². The molecule has 84 valence electrons. The predicted octanol–water partition coefficient (Wildman–Crippen LogP) is 0.184. The maximum atomic E-state index is 11.5. The first-order chi connectivity index (χ1) is 6.85. The van der Waals surface area contributed by atoms with Gasteiger partial charge in [0.2, 0.25) is 0 Å². The Labute approximate surface area is 91.2 Å². The van der Waals surface area contributed by atoms with Crippen molar-refractivity contribution in [1.82, 2.24) is 20.9 Å². The molecule has 0 saturated carbocycles. The molecule has 8 heteroatoms. The number of rotatable bonds is 1. The monoisotopic (exact) mass is 234 g/mol. The van der Waals surface area contributed by atoms with Crippen LogP contribution in [0.25, 0.3) is 0 Å². The van der Waals surface area contributed by atoms with Gasteiger partial charge in [-0.3, -0.25) is 10.1 Å². The van der Waals surface area contributed by atoms with E-state index in [1.54, 1.807) is 0 Å². The highest BCUT2D eigenvalue weighted by Crippen LogP contribution is 2.40. The summed E-state index contributed by atoms with van der Waals surface area (Å²) in [5.74, 6) is -1.06. The highest BCUT2D eigenvalue weighted by Gasteiger charge is 2.70. The number of urea groups is 1. The maximum Gasteiger partial charge on any atom is 0.344 e. The number of hydrogen-bond acceptors (Lipinski definition) is 5. The molecular weight excluding hydrogens is 224 g/mol. The third-order valence-electron chi connectivity index (χ3n) is 2.66. The van der Waals surface area contributed by atoms with E-state index in [0.29, 0.717) is 0 Å². The molecule has 0 aromatic carbocycles. The minimum atomic E-state index is -1.06. The van der Waals surface area contributed by atoms with Gasteiger partial charge in [0.1, 0.15) is 0 Å². The van der Waals surface area contributed by atoms with Crippen molar-refractivity contribution in [2.75, 3.05) is 7.11 Å². The molecule has 2 aliphatic heterocycles. The molecule has 2 heterocycles. The molecule has 2 rings (SSSR count). The molecular formula is C7H11ClN4O3. The lowest BCUT2D eigenvalue weighted by atomic mass is 9.94. The molecule has 1 unspecified atom stereocenters. The van der Waals surface area contributed by atoms with E-state index in [4.69, 9.17) is 16.3 Å². The molecule has 0 bridgehead atoms. The van der Waals surface area contributed by atoms with Gasteiger partial charge in [0.15, 0.2) is 0 Å². The largest absolute Gasteiger partial charge is 0.344 e.